The lowest BCUT2D eigenvalue weighted by Crippen LogP contribution is -2.50. The summed E-state index contributed by atoms with van der Waals surface area (Å²) in [6, 6.07) is 0. The molecule has 0 saturated carbocycles. The maximum atomic E-state index is 9.48. The van der Waals surface area contributed by atoms with Crippen LogP contribution in [0, 0.1) is 0 Å². The Kier molecular flexibility index (Phi) is 4.87. The second kappa shape index (κ2) is 5.71. The van der Waals surface area contributed by atoms with Crippen molar-refractivity contribution in [2.45, 2.75) is 30.7 Å². The number of hydrogen-bond donors (Lipinski definition) is 5. The van der Waals surface area contributed by atoms with Gasteiger partial charge in [0.1, 0.15) is 24.4 Å². The van der Waals surface area contributed by atoms with Crippen LogP contribution in [0.3, 0.4) is 0 Å². The predicted molar refractivity (Wildman–Crippen MR) is 46.8 cm³/mol. The van der Waals surface area contributed by atoms with Crippen molar-refractivity contribution in [3.05, 3.63) is 0 Å². The van der Waals surface area contributed by atoms with E-state index in [0.29, 0.717) is 13.2 Å². The predicted octanol–water partition coefficient (Wildman–Crippen LogP) is -3.20. The fourth-order valence-corrected chi connectivity index (χ4v) is 1.27. The Morgan fingerprint density at radius 3 is 2.00 bits per heavy atom. The van der Waals surface area contributed by atoms with E-state index in [2.05, 4.69) is 0 Å². The highest BCUT2D eigenvalue weighted by atomic mass is 16.7. The maximum absolute atomic E-state index is 9.48. The smallest absolute Gasteiger partial charge is 0.186 e. The van der Waals surface area contributed by atoms with Gasteiger partial charge in [-0.2, -0.15) is 0 Å². The van der Waals surface area contributed by atoms with Crippen molar-refractivity contribution < 1.29 is 35.0 Å². The minimum atomic E-state index is -1.65. The fraction of sp³-hybridized carbons (Fsp3) is 1.00. The summed E-state index contributed by atoms with van der Waals surface area (Å²) >= 11 is 0. The van der Waals surface area contributed by atoms with E-state index >= 15 is 0 Å². The van der Waals surface area contributed by atoms with Crippen molar-refractivity contribution in [1.29, 1.82) is 0 Å². The Morgan fingerprint density at radius 1 is 1.00 bits per heavy atom. The van der Waals surface area contributed by atoms with E-state index < -0.39 is 37.3 Å². The topological polar surface area (TPSA) is 120 Å². The van der Waals surface area contributed by atoms with Crippen LogP contribution in [0.15, 0.2) is 0 Å². The van der Waals surface area contributed by atoms with E-state index in [9.17, 15) is 15.3 Å². The number of aliphatic hydroxyl groups excluding tert-OH is 5. The molecule has 0 aliphatic carbocycles. The van der Waals surface area contributed by atoms with Gasteiger partial charge < -0.3 is 35.0 Å². The molecule has 0 unspecified atom stereocenters. The summed E-state index contributed by atoms with van der Waals surface area (Å²) in [4.78, 5) is 0. The van der Waals surface area contributed by atoms with E-state index in [-0.39, 0.29) is 0 Å². The second-order valence-electron chi connectivity index (χ2n) is 3.33. The highest BCUT2D eigenvalue weighted by Crippen LogP contribution is 2.15. The van der Waals surface area contributed by atoms with Crippen LogP contribution in [0.2, 0.25) is 0 Å². The van der Waals surface area contributed by atoms with Crippen molar-refractivity contribution in [1.82, 2.24) is 0 Å². The van der Waals surface area contributed by atoms with Crippen LogP contribution in [-0.2, 0) is 9.47 Å². The van der Waals surface area contributed by atoms with Gasteiger partial charge in [-0.05, 0) is 0 Å². The van der Waals surface area contributed by atoms with E-state index in [4.69, 9.17) is 19.7 Å². The third-order valence-corrected chi connectivity index (χ3v) is 2.21. The Balaban J connectivity index is 2.46. The number of rotatable bonds is 5. The highest BCUT2D eigenvalue weighted by molar-refractivity contribution is 4.83. The molecule has 0 aromatic carbocycles. The third kappa shape index (κ3) is 3.08. The molecule has 1 saturated heterocycles. The van der Waals surface area contributed by atoms with Gasteiger partial charge in [0.2, 0.25) is 0 Å². The monoisotopic (exact) mass is 224 g/mol. The van der Waals surface area contributed by atoms with Crippen LogP contribution in [0.5, 0.6) is 0 Å². The molecule has 0 aromatic rings. The Labute approximate surface area is 86.5 Å². The van der Waals surface area contributed by atoms with Crippen LogP contribution in [0.25, 0.3) is 0 Å². The highest BCUT2D eigenvalue weighted by Gasteiger charge is 2.37. The van der Waals surface area contributed by atoms with Gasteiger partial charge in [0.25, 0.3) is 0 Å². The first-order valence-electron chi connectivity index (χ1n) is 4.64. The molecule has 1 fully saturated rings. The molecule has 0 radical (unpaired) electrons. The van der Waals surface area contributed by atoms with E-state index in [1.54, 1.807) is 0 Å². The molecule has 7 heteroatoms. The SMILES string of the molecule is OC[C@@H](O)[C@@H](O)[C@@H](O)[C@@H](O)C1OCCO1. The van der Waals surface area contributed by atoms with E-state index in [0.717, 1.165) is 0 Å². The Morgan fingerprint density at radius 2 is 1.53 bits per heavy atom. The summed E-state index contributed by atoms with van der Waals surface area (Å²) in [7, 11) is 0. The van der Waals surface area contributed by atoms with E-state index in [1.165, 1.54) is 0 Å². The summed E-state index contributed by atoms with van der Waals surface area (Å²) in [5.41, 5.74) is 0. The van der Waals surface area contributed by atoms with Crippen LogP contribution >= 0.6 is 0 Å². The first kappa shape index (κ1) is 12.8. The number of ether oxygens (including phenoxy) is 2. The minimum absolute atomic E-state index is 0.299. The summed E-state index contributed by atoms with van der Waals surface area (Å²) in [5, 5.41) is 45.8. The van der Waals surface area contributed by atoms with Crippen molar-refractivity contribution in [3.8, 4) is 0 Å². The van der Waals surface area contributed by atoms with Gasteiger partial charge >= 0.3 is 0 Å². The lowest BCUT2D eigenvalue weighted by atomic mass is 10.0. The molecule has 90 valence electrons. The van der Waals surface area contributed by atoms with Crippen molar-refractivity contribution in [3.63, 3.8) is 0 Å². The summed E-state index contributed by atoms with van der Waals surface area (Å²) in [6.45, 7) is -0.114. The van der Waals surface area contributed by atoms with Crippen LogP contribution < -0.4 is 0 Å². The van der Waals surface area contributed by atoms with Gasteiger partial charge in [-0.1, -0.05) is 0 Å². The lowest BCUT2D eigenvalue weighted by molar-refractivity contribution is -0.188. The molecule has 4 atom stereocenters. The van der Waals surface area contributed by atoms with Crippen molar-refractivity contribution in [2.75, 3.05) is 19.8 Å². The zero-order valence-electron chi connectivity index (χ0n) is 8.06. The molecule has 7 nitrogen and oxygen atoms in total. The van der Waals surface area contributed by atoms with Gasteiger partial charge in [0, 0.05) is 0 Å². The van der Waals surface area contributed by atoms with Crippen LogP contribution in [0.4, 0.5) is 0 Å². The van der Waals surface area contributed by atoms with Gasteiger partial charge in [0.15, 0.2) is 6.29 Å². The molecule has 0 spiro atoms. The minimum Gasteiger partial charge on any atom is -0.394 e. The number of aliphatic hydroxyl groups is 5. The van der Waals surface area contributed by atoms with Gasteiger partial charge in [-0.25, -0.2) is 0 Å². The van der Waals surface area contributed by atoms with Crippen LogP contribution in [-0.4, -0.2) is 76.1 Å². The molecule has 1 aliphatic rings. The first-order chi connectivity index (χ1) is 7.07. The standard InChI is InChI=1S/C8H16O7/c9-3-4(10)5(11)6(12)7(13)8-14-1-2-15-8/h4-13H,1-3H2/t4-,5-,6-,7-/m1/s1. The fourth-order valence-electron chi connectivity index (χ4n) is 1.27. The molecule has 0 aromatic heterocycles. The second-order valence-corrected chi connectivity index (χ2v) is 3.33. The average Bonchev–Trinajstić information content (AvgIpc) is 2.78. The zero-order valence-corrected chi connectivity index (χ0v) is 8.06. The van der Waals surface area contributed by atoms with Gasteiger partial charge in [-0.15, -0.1) is 0 Å². The van der Waals surface area contributed by atoms with Crippen LogP contribution in [0.1, 0.15) is 0 Å². The molecule has 0 amide bonds. The average molecular weight is 224 g/mol. The molecule has 15 heavy (non-hydrogen) atoms. The summed E-state index contributed by atoms with van der Waals surface area (Å²) in [5.74, 6) is 0. The molecule has 0 bridgehead atoms. The molecular weight excluding hydrogens is 208 g/mol. The quantitative estimate of drug-likeness (QED) is 0.333. The van der Waals surface area contributed by atoms with Crippen molar-refractivity contribution >= 4 is 0 Å². The first-order valence-corrected chi connectivity index (χ1v) is 4.64. The summed E-state index contributed by atoms with van der Waals surface area (Å²) < 4.78 is 9.82. The Hall–Kier alpha value is -0.280. The maximum Gasteiger partial charge on any atom is 0.186 e. The lowest BCUT2D eigenvalue weighted by Gasteiger charge is -2.27. The van der Waals surface area contributed by atoms with Gasteiger partial charge in [0.05, 0.1) is 19.8 Å². The number of hydrogen-bond acceptors (Lipinski definition) is 7. The normalized spacial score (nSPS) is 26.2. The molecular formula is C8H16O7. The molecule has 1 rings (SSSR count). The third-order valence-electron chi connectivity index (χ3n) is 2.21. The van der Waals surface area contributed by atoms with E-state index in [1.807, 2.05) is 0 Å². The largest absolute Gasteiger partial charge is 0.394 e. The van der Waals surface area contributed by atoms with Crippen molar-refractivity contribution in [2.24, 2.45) is 0 Å². The molecule has 1 heterocycles. The molecule has 5 N–H and O–H groups in total. The zero-order chi connectivity index (χ0) is 11.4. The van der Waals surface area contributed by atoms with Gasteiger partial charge in [-0.3, -0.25) is 0 Å². The Bertz CT molecular complexity index is 182. The summed E-state index contributed by atoms with van der Waals surface area (Å²) in [6.07, 6.45) is -7.30. The molecule has 1 aliphatic heterocycles.